The molecule has 3 rings (SSSR count). The molecule has 0 spiro atoms. The number of benzene rings is 1. The Labute approximate surface area is 115 Å². The molecule has 1 fully saturated rings. The summed E-state index contributed by atoms with van der Waals surface area (Å²) in [5.74, 6) is -0.645. The second-order valence-corrected chi connectivity index (χ2v) is 4.68. The molecule has 2 amide bonds. The van der Waals surface area contributed by atoms with Crippen LogP contribution in [0.3, 0.4) is 0 Å². The molecule has 2 aliphatic rings. The van der Waals surface area contributed by atoms with Crippen molar-refractivity contribution in [2.45, 2.75) is 18.8 Å². The van der Waals surface area contributed by atoms with Crippen LogP contribution in [0.2, 0.25) is 0 Å². The average molecular weight is 275 g/mol. The van der Waals surface area contributed by atoms with E-state index in [9.17, 15) is 14.4 Å². The van der Waals surface area contributed by atoms with Crippen molar-refractivity contribution in [2.24, 2.45) is 0 Å². The molecule has 6 nitrogen and oxygen atoms in total. The van der Waals surface area contributed by atoms with Gasteiger partial charge in [-0.2, -0.15) is 0 Å². The van der Waals surface area contributed by atoms with E-state index >= 15 is 0 Å². The number of ether oxygens (including phenoxy) is 2. The molecule has 0 aliphatic carbocycles. The summed E-state index contributed by atoms with van der Waals surface area (Å²) in [4.78, 5) is 36.1. The van der Waals surface area contributed by atoms with Gasteiger partial charge in [-0.1, -0.05) is 12.1 Å². The molecule has 1 aromatic carbocycles. The smallest absolute Gasteiger partial charge is 0.261 e. The number of rotatable bonds is 3. The van der Waals surface area contributed by atoms with Crippen molar-refractivity contribution in [1.82, 2.24) is 4.90 Å². The summed E-state index contributed by atoms with van der Waals surface area (Å²) in [6.45, 7) is 0.369. The van der Waals surface area contributed by atoms with Gasteiger partial charge in [0, 0.05) is 0 Å². The maximum absolute atomic E-state index is 12.3. The molecule has 0 aromatic heterocycles. The van der Waals surface area contributed by atoms with Crippen molar-refractivity contribution >= 4 is 18.1 Å². The Morgan fingerprint density at radius 3 is 2.15 bits per heavy atom. The zero-order chi connectivity index (χ0) is 14.1. The fourth-order valence-electron chi connectivity index (χ4n) is 2.44. The molecular formula is C14H13NO5. The molecule has 20 heavy (non-hydrogen) atoms. The highest BCUT2D eigenvalue weighted by Gasteiger charge is 2.41. The van der Waals surface area contributed by atoms with E-state index in [-0.39, 0.29) is 31.4 Å². The molecule has 104 valence electrons. The van der Waals surface area contributed by atoms with Gasteiger partial charge >= 0.3 is 0 Å². The fourth-order valence-corrected chi connectivity index (χ4v) is 2.44. The third-order valence-corrected chi connectivity index (χ3v) is 3.43. The van der Waals surface area contributed by atoms with Crippen LogP contribution in [0.4, 0.5) is 0 Å². The van der Waals surface area contributed by atoms with Gasteiger partial charge in [0.15, 0.2) is 6.29 Å². The van der Waals surface area contributed by atoms with E-state index in [2.05, 4.69) is 0 Å². The molecular weight excluding hydrogens is 262 g/mol. The topological polar surface area (TPSA) is 72.9 Å². The van der Waals surface area contributed by atoms with Crippen LogP contribution in [0, 0.1) is 0 Å². The predicted molar refractivity (Wildman–Crippen MR) is 67.1 cm³/mol. The number of carbonyl (C=O) groups excluding carboxylic acids is 3. The molecule has 2 heterocycles. The Morgan fingerprint density at radius 2 is 1.65 bits per heavy atom. The molecule has 0 bridgehead atoms. The van der Waals surface area contributed by atoms with E-state index in [4.69, 9.17) is 9.47 Å². The second-order valence-electron chi connectivity index (χ2n) is 4.68. The minimum atomic E-state index is -0.584. The van der Waals surface area contributed by atoms with Gasteiger partial charge < -0.3 is 14.3 Å². The largest absolute Gasteiger partial charge is 0.350 e. The van der Waals surface area contributed by atoms with Crippen LogP contribution in [0.5, 0.6) is 0 Å². The Hall–Kier alpha value is -2.05. The normalized spacial score (nSPS) is 25.7. The number of fused-ring (bicyclic) bond motifs is 1. The van der Waals surface area contributed by atoms with Gasteiger partial charge in [-0.25, -0.2) is 0 Å². The maximum atomic E-state index is 12.3. The molecule has 0 unspecified atom stereocenters. The zero-order valence-electron chi connectivity index (χ0n) is 10.7. The maximum Gasteiger partial charge on any atom is 0.261 e. The summed E-state index contributed by atoms with van der Waals surface area (Å²) >= 11 is 0. The summed E-state index contributed by atoms with van der Waals surface area (Å²) in [6.07, 6.45) is 0.279. The van der Waals surface area contributed by atoms with Crippen LogP contribution >= 0.6 is 0 Å². The van der Waals surface area contributed by atoms with Gasteiger partial charge in [0.25, 0.3) is 11.8 Å². The van der Waals surface area contributed by atoms with E-state index in [0.717, 1.165) is 0 Å². The van der Waals surface area contributed by atoms with Gasteiger partial charge in [-0.05, 0) is 12.1 Å². The van der Waals surface area contributed by atoms with Crippen LogP contribution in [0.1, 0.15) is 27.1 Å². The number of hydrogen-bond acceptors (Lipinski definition) is 5. The van der Waals surface area contributed by atoms with Crippen LogP contribution < -0.4 is 0 Å². The first-order valence-electron chi connectivity index (χ1n) is 6.36. The molecule has 0 atom stereocenters. The lowest BCUT2D eigenvalue weighted by atomic mass is 10.1. The van der Waals surface area contributed by atoms with E-state index in [1.165, 1.54) is 4.90 Å². The monoisotopic (exact) mass is 275 g/mol. The quantitative estimate of drug-likeness (QED) is 0.597. The van der Waals surface area contributed by atoms with Crippen molar-refractivity contribution < 1.29 is 23.9 Å². The van der Waals surface area contributed by atoms with Crippen molar-refractivity contribution in [2.75, 3.05) is 13.2 Å². The Balaban J connectivity index is 1.76. The first-order chi connectivity index (χ1) is 9.72. The van der Waals surface area contributed by atoms with E-state index < -0.39 is 12.3 Å². The number of aldehydes is 1. The number of imide groups is 1. The average Bonchev–Trinajstić information content (AvgIpc) is 2.73. The third-order valence-electron chi connectivity index (χ3n) is 3.43. The fraction of sp³-hybridized carbons (Fsp3) is 0.357. The van der Waals surface area contributed by atoms with Crippen LogP contribution in [-0.2, 0) is 14.3 Å². The number of amides is 2. The second kappa shape index (κ2) is 5.15. The van der Waals surface area contributed by atoms with E-state index in [1.807, 2.05) is 0 Å². The SMILES string of the molecule is O=CC[C@H]1OC[C@H](N2C(=O)c3ccccc3C2=O)CO1. The van der Waals surface area contributed by atoms with Gasteiger partial charge in [-0.3, -0.25) is 14.5 Å². The minimum Gasteiger partial charge on any atom is -0.350 e. The van der Waals surface area contributed by atoms with Crippen molar-refractivity contribution in [3.63, 3.8) is 0 Å². The number of carbonyl (C=O) groups is 3. The highest BCUT2D eigenvalue weighted by molar-refractivity contribution is 6.21. The Kier molecular flexibility index (Phi) is 3.33. The van der Waals surface area contributed by atoms with Gasteiger partial charge in [0.2, 0.25) is 0 Å². The molecule has 0 radical (unpaired) electrons. The molecule has 0 saturated carbocycles. The third kappa shape index (κ3) is 2.03. The van der Waals surface area contributed by atoms with Gasteiger partial charge in [-0.15, -0.1) is 0 Å². The van der Waals surface area contributed by atoms with Crippen LogP contribution in [0.25, 0.3) is 0 Å². The Morgan fingerprint density at radius 1 is 1.10 bits per heavy atom. The molecule has 2 aliphatic heterocycles. The minimum absolute atomic E-state index is 0.148. The Bertz CT molecular complexity index is 527. The van der Waals surface area contributed by atoms with Crippen molar-refractivity contribution in [1.29, 1.82) is 0 Å². The first kappa shape index (κ1) is 13.0. The molecule has 1 saturated heterocycles. The number of hydrogen-bond donors (Lipinski definition) is 0. The molecule has 6 heteroatoms. The van der Waals surface area contributed by atoms with Gasteiger partial charge in [0.1, 0.15) is 6.29 Å². The lowest BCUT2D eigenvalue weighted by Crippen LogP contribution is -2.49. The lowest BCUT2D eigenvalue weighted by molar-refractivity contribution is -0.197. The lowest BCUT2D eigenvalue weighted by Gasteiger charge is -2.33. The summed E-state index contributed by atoms with van der Waals surface area (Å²) in [5, 5.41) is 0. The molecule has 0 N–H and O–H groups in total. The summed E-state index contributed by atoms with van der Waals surface area (Å²) < 4.78 is 10.7. The predicted octanol–water partition coefficient (Wildman–Crippen LogP) is 0.613. The summed E-state index contributed by atoms with van der Waals surface area (Å²) in [6, 6.07) is 6.26. The summed E-state index contributed by atoms with van der Waals surface area (Å²) in [5.41, 5.74) is 0.819. The van der Waals surface area contributed by atoms with Crippen molar-refractivity contribution in [3.8, 4) is 0 Å². The summed E-state index contributed by atoms with van der Waals surface area (Å²) in [7, 11) is 0. The molecule has 1 aromatic rings. The van der Waals surface area contributed by atoms with Gasteiger partial charge in [0.05, 0.1) is 36.8 Å². The van der Waals surface area contributed by atoms with E-state index in [1.54, 1.807) is 24.3 Å². The van der Waals surface area contributed by atoms with E-state index in [0.29, 0.717) is 17.4 Å². The van der Waals surface area contributed by atoms with Crippen molar-refractivity contribution in [3.05, 3.63) is 35.4 Å². The van der Waals surface area contributed by atoms with Crippen LogP contribution in [0.15, 0.2) is 24.3 Å². The zero-order valence-corrected chi connectivity index (χ0v) is 10.7. The standard InChI is InChI=1S/C14H13NO5/c16-6-5-12-19-7-9(8-20-12)15-13(17)10-3-1-2-4-11(10)14(15)18/h1-4,6,9,12H,5,7-8H2/t9-,12-. The highest BCUT2D eigenvalue weighted by atomic mass is 16.7. The highest BCUT2D eigenvalue weighted by Crippen LogP contribution is 2.26. The van der Waals surface area contributed by atoms with Crippen LogP contribution in [-0.4, -0.2) is 48.5 Å². The number of nitrogens with zero attached hydrogens (tertiary/aromatic N) is 1. The first-order valence-corrected chi connectivity index (χ1v) is 6.36.